The Morgan fingerprint density at radius 3 is 2.60 bits per heavy atom. The van der Waals surface area contributed by atoms with Gasteiger partial charge in [0.15, 0.2) is 0 Å². The van der Waals surface area contributed by atoms with Gasteiger partial charge < -0.3 is 9.84 Å². The molecule has 1 heterocycles. The molecule has 1 aliphatic carbocycles. The van der Waals surface area contributed by atoms with E-state index in [9.17, 15) is 5.11 Å². The molecule has 2 aliphatic rings. The molecule has 4 heteroatoms. The summed E-state index contributed by atoms with van der Waals surface area (Å²) in [7, 11) is 1.69. The normalized spacial score (nSPS) is 23.5. The highest BCUT2D eigenvalue weighted by Crippen LogP contribution is 2.27. The number of methoxy groups -OCH3 is 1. The van der Waals surface area contributed by atoms with E-state index < -0.39 is 0 Å². The molecule has 1 N–H and O–H groups in total. The highest BCUT2D eigenvalue weighted by Gasteiger charge is 2.32. The van der Waals surface area contributed by atoms with Crippen molar-refractivity contribution < 1.29 is 9.84 Å². The lowest BCUT2D eigenvalue weighted by molar-refractivity contribution is 0.0347. The fourth-order valence-electron chi connectivity index (χ4n) is 4.28. The average Bonchev–Trinajstić information content (AvgIpc) is 3.17. The minimum Gasteiger partial charge on any atom is -0.497 e. The standard InChI is InChI=1S/C21H32N2O2/c1-25-21-10-8-18(9-11-21)5-4-13-22-14-15-23(19-6-2-3-7-19)20(17-22)12-16-24/h4-5,8-11,19-20,24H,2-3,6-7,12-17H2,1H3/b5-4+/t20-/m1/s1. The molecule has 138 valence electrons. The minimum atomic E-state index is 0.295. The Hall–Kier alpha value is -1.36. The second-order valence-electron chi connectivity index (χ2n) is 7.28. The molecule has 0 amide bonds. The molecule has 0 radical (unpaired) electrons. The summed E-state index contributed by atoms with van der Waals surface area (Å²) in [4.78, 5) is 5.21. The SMILES string of the molecule is COc1ccc(/C=C/CN2CCN(C3CCCC3)[C@H](CCO)C2)cc1. The third-order valence-electron chi connectivity index (χ3n) is 5.66. The molecule has 0 bridgehead atoms. The van der Waals surface area contributed by atoms with Gasteiger partial charge in [-0.25, -0.2) is 0 Å². The van der Waals surface area contributed by atoms with Crippen molar-refractivity contribution in [2.75, 3.05) is 39.9 Å². The largest absolute Gasteiger partial charge is 0.497 e. The Morgan fingerprint density at radius 2 is 1.92 bits per heavy atom. The molecule has 1 aliphatic heterocycles. The van der Waals surface area contributed by atoms with Gasteiger partial charge in [0.1, 0.15) is 5.75 Å². The van der Waals surface area contributed by atoms with Crippen LogP contribution in [-0.2, 0) is 0 Å². The van der Waals surface area contributed by atoms with Crippen molar-refractivity contribution in [3.8, 4) is 5.75 Å². The molecule has 0 spiro atoms. The third-order valence-corrected chi connectivity index (χ3v) is 5.66. The predicted molar refractivity (Wildman–Crippen MR) is 103 cm³/mol. The molecule has 1 aromatic rings. The van der Waals surface area contributed by atoms with E-state index in [1.165, 1.54) is 31.2 Å². The first-order valence-electron chi connectivity index (χ1n) is 9.69. The number of hydrogen-bond acceptors (Lipinski definition) is 4. The van der Waals surface area contributed by atoms with Crippen LogP contribution in [0.3, 0.4) is 0 Å². The van der Waals surface area contributed by atoms with Crippen LogP contribution < -0.4 is 4.74 Å². The van der Waals surface area contributed by atoms with Crippen molar-refractivity contribution in [1.82, 2.24) is 9.80 Å². The van der Waals surface area contributed by atoms with Crippen LogP contribution in [-0.4, -0.2) is 66.9 Å². The number of hydrogen-bond donors (Lipinski definition) is 1. The summed E-state index contributed by atoms with van der Waals surface area (Å²) >= 11 is 0. The predicted octanol–water partition coefficient (Wildman–Crippen LogP) is 3.02. The van der Waals surface area contributed by atoms with Gasteiger partial charge in [-0.2, -0.15) is 0 Å². The van der Waals surface area contributed by atoms with Crippen LogP contribution in [0.4, 0.5) is 0 Å². The van der Waals surface area contributed by atoms with E-state index in [2.05, 4.69) is 34.1 Å². The van der Waals surface area contributed by atoms with E-state index in [-0.39, 0.29) is 0 Å². The maximum Gasteiger partial charge on any atom is 0.118 e. The number of aliphatic hydroxyl groups excluding tert-OH is 1. The molecular formula is C21H32N2O2. The highest BCUT2D eigenvalue weighted by molar-refractivity contribution is 5.50. The zero-order valence-electron chi connectivity index (χ0n) is 15.4. The molecule has 0 aromatic heterocycles. The van der Waals surface area contributed by atoms with Gasteiger partial charge in [-0.05, 0) is 37.0 Å². The summed E-state index contributed by atoms with van der Waals surface area (Å²) in [5.41, 5.74) is 1.21. The second kappa shape index (κ2) is 9.37. The second-order valence-corrected chi connectivity index (χ2v) is 7.28. The van der Waals surface area contributed by atoms with Gasteiger partial charge in [-0.1, -0.05) is 37.1 Å². The topological polar surface area (TPSA) is 35.9 Å². The van der Waals surface area contributed by atoms with Crippen LogP contribution in [0.25, 0.3) is 6.08 Å². The molecule has 25 heavy (non-hydrogen) atoms. The number of ether oxygens (including phenoxy) is 1. The quantitative estimate of drug-likeness (QED) is 0.825. The molecule has 1 saturated carbocycles. The minimum absolute atomic E-state index is 0.295. The first-order chi connectivity index (χ1) is 12.3. The van der Waals surface area contributed by atoms with Crippen molar-refractivity contribution in [1.29, 1.82) is 0 Å². The van der Waals surface area contributed by atoms with E-state index in [0.29, 0.717) is 12.6 Å². The molecule has 0 unspecified atom stereocenters. The van der Waals surface area contributed by atoms with Gasteiger partial charge in [0.05, 0.1) is 7.11 Å². The van der Waals surface area contributed by atoms with E-state index in [0.717, 1.165) is 44.4 Å². The lowest BCUT2D eigenvalue weighted by Crippen LogP contribution is -2.56. The lowest BCUT2D eigenvalue weighted by Gasteiger charge is -2.44. The van der Waals surface area contributed by atoms with Crippen LogP contribution in [0.1, 0.15) is 37.7 Å². The average molecular weight is 344 g/mol. The lowest BCUT2D eigenvalue weighted by atomic mass is 10.0. The van der Waals surface area contributed by atoms with E-state index in [4.69, 9.17) is 4.74 Å². The van der Waals surface area contributed by atoms with Gasteiger partial charge in [0, 0.05) is 44.9 Å². The molecular weight excluding hydrogens is 312 g/mol. The van der Waals surface area contributed by atoms with Crippen LogP contribution in [0.5, 0.6) is 5.75 Å². The van der Waals surface area contributed by atoms with Crippen molar-refractivity contribution >= 4 is 6.08 Å². The third kappa shape index (κ3) is 5.06. The Balaban J connectivity index is 1.51. The summed E-state index contributed by atoms with van der Waals surface area (Å²) in [6.07, 6.45) is 10.8. The first kappa shape index (κ1) is 18.4. The van der Waals surface area contributed by atoms with E-state index in [1.807, 2.05) is 12.1 Å². The van der Waals surface area contributed by atoms with Gasteiger partial charge >= 0.3 is 0 Å². The number of aliphatic hydroxyl groups is 1. The van der Waals surface area contributed by atoms with Crippen LogP contribution in [0, 0.1) is 0 Å². The van der Waals surface area contributed by atoms with E-state index in [1.54, 1.807) is 7.11 Å². The van der Waals surface area contributed by atoms with Gasteiger partial charge in [0.2, 0.25) is 0 Å². The van der Waals surface area contributed by atoms with Crippen molar-refractivity contribution in [3.05, 3.63) is 35.9 Å². The molecule has 2 fully saturated rings. The summed E-state index contributed by atoms with van der Waals surface area (Å²) in [5.74, 6) is 0.895. The number of piperazine rings is 1. The fourth-order valence-corrected chi connectivity index (χ4v) is 4.28. The Kier molecular flexibility index (Phi) is 6.91. The Bertz CT molecular complexity index is 537. The number of nitrogens with zero attached hydrogens (tertiary/aromatic N) is 2. The van der Waals surface area contributed by atoms with Gasteiger partial charge in [-0.15, -0.1) is 0 Å². The van der Waals surface area contributed by atoms with Crippen molar-refractivity contribution in [2.45, 2.75) is 44.2 Å². The Morgan fingerprint density at radius 1 is 1.16 bits per heavy atom. The zero-order chi connectivity index (χ0) is 17.5. The monoisotopic (exact) mass is 344 g/mol. The fraction of sp³-hybridized carbons (Fsp3) is 0.619. The van der Waals surface area contributed by atoms with Crippen LogP contribution in [0.2, 0.25) is 0 Å². The molecule has 1 aromatic carbocycles. The first-order valence-corrected chi connectivity index (χ1v) is 9.69. The molecule has 4 nitrogen and oxygen atoms in total. The van der Waals surface area contributed by atoms with Gasteiger partial charge in [0.25, 0.3) is 0 Å². The van der Waals surface area contributed by atoms with Crippen LogP contribution in [0.15, 0.2) is 30.3 Å². The smallest absolute Gasteiger partial charge is 0.118 e. The summed E-state index contributed by atoms with van der Waals surface area (Å²) in [6.45, 7) is 4.62. The summed E-state index contributed by atoms with van der Waals surface area (Å²) < 4.78 is 5.20. The van der Waals surface area contributed by atoms with Gasteiger partial charge in [-0.3, -0.25) is 9.80 Å². The zero-order valence-corrected chi connectivity index (χ0v) is 15.4. The van der Waals surface area contributed by atoms with E-state index >= 15 is 0 Å². The summed E-state index contributed by atoms with van der Waals surface area (Å²) in [6, 6.07) is 9.43. The maximum absolute atomic E-state index is 9.46. The van der Waals surface area contributed by atoms with Crippen LogP contribution >= 0.6 is 0 Å². The molecule has 3 rings (SSSR count). The number of rotatable bonds is 7. The van der Waals surface area contributed by atoms with Crippen molar-refractivity contribution in [3.63, 3.8) is 0 Å². The maximum atomic E-state index is 9.46. The molecule has 1 saturated heterocycles. The van der Waals surface area contributed by atoms with Crippen molar-refractivity contribution in [2.24, 2.45) is 0 Å². The molecule has 1 atom stereocenters. The number of benzene rings is 1. The highest BCUT2D eigenvalue weighted by atomic mass is 16.5. The summed E-state index contributed by atoms with van der Waals surface area (Å²) in [5, 5.41) is 9.46. The Labute approximate surface area is 152 Å².